The lowest BCUT2D eigenvalue weighted by molar-refractivity contribution is 0.0731. The van der Waals surface area contributed by atoms with Gasteiger partial charge < -0.3 is 15.0 Å². The second-order valence-corrected chi connectivity index (χ2v) is 5.08. The molecule has 0 saturated carbocycles. The molecule has 2 heterocycles. The van der Waals surface area contributed by atoms with E-state index in [1.54, 1.807) is 23.2 Å². The Bertz CT molecular complexity index is 442. The molecule has 0 spiro atoms. The first-order valence-corrected chi connectivity index (χ1v) is 6.69. The topological polar surface area (TPSA) is 54.5 Å². The van der Waals surface area contributed by atoms with Crippen LogP contribution in [0.3, 0.4) is 0 Å². The van der Waals surface area contributed by atoms with E-state index in [1.807, 2.05) is 20.9 Å². The van der Waals surface area contributed by atoms with Crippen LogP contribution < -0.4 is 10.1 Å². The zero-order chi connectivity index (χ0) is 13.8. The number of nitrogens with one attached hydrogen (secondary N) is 1. The number of likely N-dealkylation sites (N-methyl/N-ethyl adjacent to an activating group) is 1. The minimum atomic E-state index is -0.0787. The summed E-state index contributed by atoms with van der Waals surface area (Å²) in [4.78, 5) is 18.4. The molecular formula is C14H21N3O2. The van der Waals surface area contributed by atoms with Crippen LogP contribution in [-0.4, -0.2) is 48.1 Å². The van der Waals surface area contributed by atoms with Crippen molar-refractivity contribution in [3.63, 3.8) is 0 Å². The second kappa shape index (κ2) is 6.02. The number of hydrogen-bond acceptors (Lipinski definition) is 4. The van der Waals surface area contributed by atoms with Crippen molar-refractivity contribution in [3.8, 4) is 5.75 Å². The molecule has 1 fully saturated rings. The monoisotopic (exact) mass is 263 g/mol. The molecule has 0 aliphatic carbocycles. The summed E-state index contributed by atoms with van der Waals surface area (Å²) in [5.41, 5.74) is 0.394. The van der Waals surface area contributed by atoms with Gasteiger partial charge in [-0.3, -0.25) is 4.79 Å². The molecule has 0 radical (unpaired) electrons. The summed E-state index contributed by atoms with van der Waals surface area (Å²) >= 11 is 0. The minimum absolute atomic E-state index is 0.0224. The van der Waals surface area contributed by atoms with Crippen LogP contribution in [0.4, 0.5) is 0 Å². The van der Waals surface area contributed by atoms with Crippen LogP contribution in [0.1, 0.15) is 30.8 Å². The summed E-state index contributed by atoms with van der Waals surface area (Å²) in [5, 5.41) is 3.26. The molecule has 5 heteroatoms. The number of nitrogens with zero attached hydrogens (tertiary/aromatic N) is 2. The van der Waals surface area contributed by atoms with Crippen LogP contribution in [0.5, 0.6) is 5.75 Å². The number of carbonyl (C=O) groups is 1. The molecule has 2 rings (SSSR count). The van der Waals surface area contributed by atoms with Crippen molar-refractivity contribution in [2.24, 2.45) is 0 Å². The molecule has 1 aliphatic rings. The summed E-state index contributed by atoms with van der Waals surface area (Å²) in [6.45, 7) is 5.67. The number of carbonyl (C=O) groups excluding carboxylic acids is 1. The van der Waals surface area contributed by atoms with Crippen LogP contribution in [-0.2, 0) is 0 Å². The summed E-state index contributed by atoms with van der Waals surface area (Å²) < 4.78 is 5.65. The quantitative estimate of drug-likeness (QED) is 0.889. The molecule has 0 bridgehead atoms. The Kier molecular flexibility index (Phi) is 4.37. The van der Waals surface area contributed by atoms with Crippen molar-refractivity contribution in [1.29, 1.82) is 0 Å². The first kappa shape index (κ1) is 13.8. The summed E-state index contributed by atoms with van der Waals surface area (Å²) in [5.74, 6) is 0.477. The third-order valence-corrected chi connectivity index (χ3v) is 3.24. The first-order valence-electron chi connectivity index (χ1n) is 6.69. The van der Waals surface area contributed by atoms with E-state index in [4.69, 9.17) is 4.74 Å². The van der Waals surface area contributed by atoms with Crippen LogP contribution in [0, 0.1) is 0 Å². The molecule has 1 unspecified atom stereocenters. The Morgan fingerprint density at radius 2 is 2.37 bits per heavy atom. The zero-order valence-electron chi connectivity index (χ0n) is 11.7. The van der Waals surface area contributed by atoms with Gasteiger partial charge >= 0.3 is 0 Å². The standard InChI is InChI=1S/C14H21N3O2/c1-10(2)19-12-5-4-7-16-13(12)14(18)17(3)11-6-8-15-9-11/h4-5,7,10-11,15H,6,8-9H2,1-3H3. The van der Waals surface area contributed by atoms with Gasteiger partial charge in [0.05, 0.1) is 6.10 Å². The zero-order valence-corrected chi connectivity index (χ0v) is 11.7. The molecule has 1 aliphatic heterocycles. The highest BCUT2D eigenvalue weighted by Crippen LogP contribution is 2.20. The number of aromatic nitrogens is 1. The fraction of sp³-hybridized carbons (Fsp3) is 0.571. The average Bonchev–Trinajstić information content (AvgIpc) is 2.91. The van der Waals surface area contributed by atoms with Crippen molar-refractivity contribution in [3.05, 3.63) is 24.0 Å². The smallest absolute Gasteiger partial charge is 0.276 e. The van der Waals surface area contributed by atoms with Gasteiger partial charge in [0.25, 0.3) is 5.91 Å². The normalized spacial score (nSPS) is 18.6. The Morgan fingerprint density at radius 1 is 1.58 bits per heavy atom. The summed E-state index contributed by atoms with van der Waals surface area (Å²) in [6, 6.07) is 3.81. The summed E-state index contributed by atoms with van der Waals surface area (Å²) in [6.07, 6.45) is 2.63. The van der Waals surface area contributed by atoms with Crippen LogP contribution >= 0.6 is 0 Å². The molecule has 1 N–H and O–H groups in total. The van der Waals surface area contributed by atoms with Crippen molar-refractivity contribution in [2.45, 2.75) is 32.4 Å². The molecule has 1 aromatic rings. The predicted octanol–water partition coefficient (Wildman–Crippen LogP) is 1.30. The minimum Gasteiger partial charge on any atom is -0.489 e. The lowest BCUT2D eigenvalue weighted by Gasteiger charge is -2.24. The highest BCUT2D eigenvalue weighted by molar-refractivity contribution is 5.95. The number of ether oxygens (including phenoxy) is 1. The van der Waals surface area contributed by atoms with Gasteiger partial charge in [0.15, 0.2) is 11.4 Å². The molecule has 1 amide bonds. The van der Waals surface area contributed by atoms with Gasteiger partial charge in [-0.05, 0) is 38.9 Å². The number of pyridine rings is 1. The van der Waals surface area contributed by atoms with Crippen molar-refractivity contribution >= 4 is 5.91 Å². The average molecular weight is 263 g/mol. The summed E-state index contributed by atoms with van der Waals surface area (Å²) in [7, 11) is 1.83. The van der Waals surface area contributed by atoms with Crippen LogP contribution in [0.2, 0.25) is 0 Å². The fourth-order valence-corrected chi connectivity index (χ4v) is 2.20. The number of hydrogen-bond donors (Lipinski definition) is 1. The molecule has 1 saturated heterocycles. The van der Waals surface area contributed by atoms with E-state index < -0.39 is 0 Å². The fourth-order valence-electron chi connectivity index (χ4n) is 2.20. The van der Waals surface area contributed by atoms with Gasteiger partial charge in [0.1, 0.15) is 0 Å². The lowest BCUT2D eigenvalue weighted by Crippen LogP contribution is -2.39. The first-order chi connectivity index (χ1) is 9.09. The van der Waals surface area contributed by atoms with Gasteiger partial charge in [0.2, 0.25) is 0 Å². The van der Waals surface area contributed by atoms with E-state index in [0.717, 1.165) is 19.5 Å². The van der Waals surface area contributed by atoms with E-state index in [2.05, 4.69) is 10.3 Å². The van der Waals surface area contributed by atoms with E-state index in [1.165, 1.54) is 0 Å². The van der Waals surface area contributed by atoms with Crippen LogP contribution in [0.25, 0.3) is 0 Å². The van der Waals surface area contributed by atoms with Gasteiger partial charge in [-0.25, -0.2) is 4.98 Å². The highest BCUT2D eigenvalue weighted by atomic mass is 16.5. The lowest BCUT2D eigenvalue weighted by atomic mass is 10.2. The van der Waals surface area contributed by atoms with E-state index >= 15 is 0 Å². The molecule has 19 heavy (non-hydrogen) atoms. The van der Waals surface area contributed by atoms with E-state index in [-0.39, 0.29) is 18.1 Å². The second-order valence-electron chi connectivity index (χ2n) is 5.08. The van der Waals surface area contributed by atoms with Crippen molar-refractivity contribution in [1.82, 2.24) is 15.2 Å². The Morgan fingerprint density at radius 3 is 3.00 bits per heavy atom. The maximum atomic E-state index is 12.5. The molecule has 5 nitrogen and oxygen atoms in total. The number of amides is 1. The van der Waals surface area contributed by atoms with Gasteiger partial charge in [0, 0.05) is 25.8 Å². The maximum Gasteiger partial charge on any atom is 0.276 e. The van der Waals surface area contributed by atoms with Gasteiger partial charge in [-0.1, -0.05) is 0 Å². The predicted molar refractivity (Wildman–Crippen MR) is 73.4 cm³/mol. The third kappa shape index (κ3) is 3.23. The van der Waals surface area contributed by atoms with Crippen molar-refractivity contribution in [2.75, 3.05) is 20.1 Å². The Balaban J connectivity index is 2.17. The van der Waals surface area contributed by atoms with Gasteiger partial charge in [-0.2, -0.15) is 0 Å². The molecule has 1 atom stereocenters. The maximum absolute atomic E-state index is 12.5. The van der Waals surface area contributed by atoms with E-state index in [9.17, 15) is 4.79 Å². The SMILES string of the molecule is CC(C)Oc1cccnc1C(=O)N(C)C1CCNC1. The molecule has 0 aromatic carbocycles. The highest BCUT2D eigenvalue weighted by Gasteiger charge is 2.26. The Labute approximate surface area is 114 Å². The van der Waals surface area contributed by atoms with Crippen molar-refractivity contribution < 1.29 is 9.53 Å². The Hall–Kier alpha value is -1.62. The molecular weight excluding hydrogens is 242 g/mol. The third-order valence-electron chi connectivity index (χ3n) is 3.24. The molecule has 104 valence electrons. The largest absolute Gasteiger partial charge is 0.489 e. The van der Waals surface area contributed by atoms with Crippen LogP contribution in [0.15, 0.2) is 18.3 Å². The van der Waals surface area contributed by atoms with E-state index in [0.29, 0.717) is 11.4 Å². The molecule has 1 aromatic heterocycles. The number of rotatable bonds is 4. The van der Waals surface area contributed by atoms with Gasteiger partial charge in [-0.15, -0.1) is 0 Å².